The number of halogens is 1. The third kappa shape index (κ3) is 4.66. The molecule has 0 radical (unpaired) electrons. The van der Waals surface area contributed by atoms with E-state index in [1.54, 1.807) is 19.1 Å². The van der Waals surface area contributed by atoms with Crippen molar-refractivity contribution in [3.8, 4) is 0 Å². The summed E-state index contributed by atoms with van der Waals surface area (Å²) in [5, 5.41) is 0. The van der Waals surface area contributed by atoms with Gasteiger partial charge in [0.15, 0.2) is 0 Å². The van der Waals surface area contributed by atoms with Gasteiger partial charge in [-0.3, -0.25) is 14.2 Å². The molecule has 170 valence electrons. The van der Waals surface area contributed by atoms with Gasteiger partial charge >= 0.3 is 5.69 Å². The van der Waals surface area contributed by atoms with Gasteiger partial charge in [-0.15, -0.1) is 0 Å². The highest BCUT2D eigenvalue weighted by Gasteiger charge is 2.22. The third-order valence-corrected chi connectivity index (χ3v) is 5.47. The standard InChI is InChI=1S/C23H28FN5O3/c1-4-27(5-2)17-7-9-18(10-8-17)29(14-20(25)30)21(31)12-15-11-16(24)13-19-22(15)28(6-3)23(32)26-19/h7-11,13H,4-6,12,14H2,1-3H3,(H2,25,30)(H,26,32). The molecule has 0 aliphatic rings. The fourth-order valence-corrected chi connectivity index (χ4v) is 3.96. The highest BCUT2D eigenvalue weighted by Crippen LogP contribution is 2.24. The number of anilines is 2. The molecule has 3 rings (SSSR count). The summed E-state index contributed by atoms with van der Waals surface area (Å²) in [6.07, 6.45) is -0.198. The molecule has 8 nitrogen and oxygen atoms in total. The van der Waals surface area contributed by atoms with Gasteiger partial charge in [-0.2, -0.15) is 0 Å². The Hall–Kier alpha value is -3.62. The average molecular weight is 442 g/mol. The Balaban J connectivity index is 1.97. The summed E-state index contributed by atoms with van der Waals surface area (Å²) in [4.78, 5) is 43.2. The highest BCUT2D eigenvalue weighted by molar-refractivity contribution is 6.00. The normalized spacial score (nSPS) is 11.0. The molecule has 2 amide bonds. The number of nitrogens with one attached hydrogen (secondary N) is 1. The number of imidazole rings is 1. The van der Waals surface area contributed by atoms with Crippen molar-refractivity contribution in [2.45, 2.75) is 33.7 Å². The van der Waals surface area contributed by atoms with Gasteiger partial charge in [-0.1, -0.05) is 0 Å². The van der Waals surface area contributed by atoms with Crippen molar-refractivity contribution in [1.82, 2.24) is 9.55 Å². The summed E-state index contributed by atoms with van der Waals surface area (Å²) >= 11 is 0. The molecular weight excluding hydrogens is 413 g/mol. The van der Waals surface area contributed by atoms with E-state index in [2.05, 4.69) is 23.7 Å². The molecule has 0 saturated carbocycles. The molecule has 3 aromatic rings. The molecule has 0 bridgehead atoms. The second-order valence-electron chi connectivity index (χ2n) is 7.45. The number of fused-ring (bicyclic) bond motifs is 1. The first-order valence-corrected chi connectivity index (χ1v) is 10.6. The molecule has 32 heavy (non-hydrogen) atoms. The fourth-order valence-electron chi connectivity index (χ4n) is 3.96. The minimum Gasteiger partial charge on any atom is -0.372 e. The maximum atomic E-state index is 14.2. The van der Waals surface area contributed by atoms with Crippen LogP contribution in [0.3, 0.4) is 0 Å². The third-order valence-electron chi connectivity index (χ3n) is 5.47. The Kier molecular flexibility index (Phi) is 6.97. The van der Waals surface area contributed by atoms with E-state index in [0.717, 1.165) is 18.8 Å². The monoisotopic (exact) mass is 441 g/mol. The predicted molar refractivity (Wildman–Crippen MR) is 123 cm³/mol. The lowest BCUT2D eigenvalue weighted by Gasteiger charge is -2.24. The molecule has 9 heteroatoms. The van der Waals surface area contributed by atoms with Gasteiger partial charge in [0.05, 0.1) is 17.5 Å². The fraction of sp³-hybridized carbons (Fsp3) is 0.348. The zero-order chi connectivity index (χ0) is 23.4. The van der Waals surface area contributed by atoms with Crippen molar-refractivity contribution in [1.29, 1.82) is 0 Å². The number of aromatic nitrogens is 2. The molecule has 1 heterocycles. The summed E-state index contributed by atoms with van der Waals surface area (Å²) in [7, 11) is 0. The maximum absolute atomic E-state index is 14.2. The number of aromatic amines is 1. The van der Waals surface area contributed by atoms with Crippen LogP contribution in [0.2, 0.25) is 0 Å². The van der Waals surface area contributed by atoms with E-state index in [1.165, 1.54) is 21.6 Å². The molecule has 0 aliphatic carbocycles. The van der Waals surface area contributed by atoms with Crippen molar-refractivity contribution in [3.05, 3.63) is 58.3 Å². The first-order chi connectivity index (χ1) is 15.3. The van der Waals surface area contributed by atoms with Crippen LogP contribution >= 0.6 is 0 Å². The van der Waals surface area contributed by atoms with E-state index in [9.17, 15) is 18.8 Å². The summed E-state index contributed by atoms with van der Waals surface area (Å²) in [6, 6.07) is 9.74. The SMILES string of the molecule is CCN(CC)c1ccc(N(CC(N)=O)C(=O)Cc2cc(F)cc3[nH]c(=O)n(CC)c23)cc1. The largest absolute Gasteiger partial charge is 0.372 e. The number of rotatable bonds is 9. The van der Waals surface area contributed by atoms with Gasteiger partial charge in [-0.05, 0) is 62.7 Å². The van der Waals surface area contributed by atoms with Crippen LogP contribution in [0, 0.1) is 5.82 Å². The Bertz CT molecular complexity index is 1180. The van der Waals surface area contributed by atoms with Crippen LogP contribution in [-0.4, -0.2) is 41.0 Å². The maximum Gasteiger partial charge on any atom is 0.326 e. The molecular formula is C23H28FN5O3. The van der Waals surface area contributed by atoms with E-state index in [-0.39, 0.29) is 18.7 Å². The first-order valence-electron chi connectivity index (χ1n) is 10.6. The lowest BCUT2D eigenvalue weighted by Crippen LogP contribution is -2.39. The number of nitrogens with two attached hydrogens (primary N) is 1. The molecule has 1 aromatic heterocycles. The van der Waals surface area contributed by atoms with E-state index in [0.29, 0.717) is 28.8 Å². The number of aryl methyl sites for hydroxylation is 1. The van der Waals surface area contributed by atoms with Gasteiger partial charge in [0, 0.05) is 31.0 Å². The molecule has 2 aromatic carbocycles. The van der Waals surface area contributed by atoms with Crippen LogP contribution in [0.15, 0.2) is 41.2 Å². The summed E-state index contributed by atoms with van der Waals surface area (Å²) in [5.41, 5.74) is 7.69. The Morgan fingerprint density at radius 1 is 1.06 bits per heavy atom. The van der Waals surface area contributed by atoms with E-state index in [1.807, 2.05) is 12.1 Å². The van der Waals surface area contributed by atoms with Gasteiger partial charge < -0.3 is 20.5 Å². The number of H-pyrrole nitrogens is 1. The molecule has 0 saturated heterocycles. The summed E-state index contributed by atoms with van der Waals surface area (Å²) < 4.78 is 15.6. The van der Waals surface area contributed by atoms with E-state index in [4.69, 9.17) is 5.73 Å². The van der Waals surface area contributed by atoms with Crippen LogP contribution in [0.4, 0.5) is 15.8 Å². The lowest BCUT2D eigenvalue weighted by atomic mass is 10.1. The molecule has 0 aliphatic heterocycles. The van der Waals surface area contributed by atoms with E-state index < -0.39 is 17.6 Å². The van der Waals surface area contributed by atoms with Gasteiger partial charge in [0.1, 0.15) is 12.4 Å². The van der Waals surface area contributed by atoms with E-state index >= 15 is 0 Å². The van der Waals surface area contributed by atoms with Crippen molar-refractivity contribution in [3.63, 3.8) is 0 Å². The number of hydrogen-bond donors (Lipinski definition) is 2. The van der Waals surface area contributed by atoms with Crippen molar-refractivity contribution < 1.29 is 14.0 Å². The lowest BCUT2D eigenvalue weighted by molar-refractivity contribution is -0.122. The Morgan fingerprint density at radius 2 is 1.69 bits per heavy atom. The van der Waals surface area contributed by atoms with Gasteiger partial charge in [0.25, 0.3) is 0 Å². The second kappa shape index (κ2) is 9.67. The van der Waals surface area contributed by atoms with Crippen LogP contribution in [0.1, 0.15) is 26.3 Å². The van der Waals surface area contributed by atoms with Crippen molar-refractivity contribution in [2.75, 3.05) is 29.4 Å². The highest BCUT2D eigenvalue weighted by atomic mass is 19.1. The number of carbonyl (C=O) groups is 2. The number of amides is 2. The predicted octanol–water partition coefficient (Wildman–Crippen LogP) is 2.40. The van der Waals surface area contributed by atoms with Gasteiger partial charge in [0.2, 0.25) is 11.8 Å². The van der Waals surface area contributed by atoms with Crippen LogP contribution < -0.4 is 21.2 Å². The van der Waals surface area contributed by atoms with Crippen LogP contribution in [0.5, 0.6) is 0 Å². The Morgan fingerprint density at radius 3 is 2.25 bits per heavy atom. The summed E-state index contributed by atoms with van der Waals surface area (Å²) in [6.45, 7) is 7.63. The van der Waals surface area contributed by atoms with Gasteiger partial charge in [-0.25, -0.2) is 9.18 Å². The zero-order valence-electron chi connectivity index (χ0n) is 18.5. The minimum absolute atomic E-state index is 0.198. The smallest absolute Gasteiger partial charge is 0.326 e. The number of carbonyl (C=O) groups excluding carboxylic acids is 2. The minimum atomic E-state index is -0.664. The molecule has 0 fully saturated rings. The molecule has 3 N–H and O–H groups in total. The molecule has 0 unspecified atom stereocenters. The van der Waals surface area contributed by atoms with Crippen molar-refractivity contribution in [2.24, 2.45) is 5.73 Å². The second-order valence-corrected chi connectivity index (χ2v) is 7.45. The van der Waals surface area contributed by atoms with Crippen LogP contribution in [0.25, 0.3) is 11.0 Å². The quantitative estimate of drug-likeness (QED) is 0.532. The Labute approximate surface area is 185 Å². The number of primary amides is 1. The first kappa shape index (κ1) is 23.1. The number of benzene rings is 2. The zero-order valence-corrected chi connectivity index (χ0v) is 18.5. The van der Waals surface area contributed by atoms with Crippen molar-refractivity contribution >= 4 is 34.2 Å². The summed E-state index contributed by atoms with van der Waals surface area (Å²) in [5.74, 6) is -1.65. The number of hydrogen-bond acceptors (Lipinski definition) is 4. The molecule has 0 atom stereocenters. The topological polar surface area (TPSA) is 104 Å². The van der Waals surface area contributed by atoms with Crippen LogP contribution in [-0.2, 0) is 22.6 Å². The molecule has 0 spiro atoms. The number of nitrogens with zero attached hydrogens (tertiary/aromatic N) is 3. The average Bonchev–Trinajstić information content (AvgIpc) is 3.08.